The third-order valence-corrected chi connectivity index (χ3v) is 4.10. The second-order valence-electron chi connectivity index (χ2n) is 5.97. The number of hydrogen-bond acceptors (Lipinski definition) is 7. The van der Waals surface area contributed by atoms with Gasteiger partial charge in [0.05, 0.1) is 19.7 Å². The lowest BCUT2D eigenvalue weighted by Gasteiger charge is -2.12. The van der Waals surface area contributed by atoms with E-state index in [4.69, 9.17) is 14.2 Å². The van der Waals surface area contributed by atoms with E-state index < -0.39 is 0 Å². The number of methoxy groups -OCH3 is 2. The molecule has 2 aromatic carbocycles. The Balaban J connectivity index is 1.82. The van der Waals surface area contributed by atoms with Crippen LogP contribution >= 0.6 is 0 Å². The van der Waals surface area contributed by atoms with E-state index in [9.17, 15) is 4.79 Å². The van der Waals surface area contributed by atoms with Crippen molar-refractivity contribution in [3.63, 3.8) is 0 Å². The van der Waals surface area contributed by atoms with Crippen LogP contribution in [-0.2, 0) is 9.63 Å². The number of nitrogens with zero attached hydrogens (tertiary/aromatic N) is 2. The molecule has 1 aromatic heterocycles. The van der Waals surface area contributed by atoms with Gasteiger partial charge in [0, 0.05) is 23.3 Å². The van der Waals surface area contributed by atoms with Crippen LogP contribution in [0, 0.1) is 0 Å². The fraction of sp³-hybridized carbons (Fsp3) is 0.190. The lowest BCUT2D eigenvalue weighted by Crippen LogP contribution is -2.20. The quantitative estimate of drug-likeness (QED) is 0.480. The Bertz CT molecular complexity index is 1050. The van der Waals surface area contributed by atoms with Gasteiger partial charge >= 0.3 is 0 Å². The molecule has 1 amide bonds. The summed E-state index contributed by atoms with van der Waals surface area (Å²) in [5, 5.41) is 7.12. The summed E-state index contributed by atoms with van der Waals surface area (Å²) in [6.07, 6.45) is 1.66. The Labute approximate surface area is 168 Å². The first kappa shape index (κ1) is 19.9. The molecule has 29 heavy (non-hydrogen) atoms. The number of carbonyl (C=O) groups excluding carboxylic acids is 1. The summed E-state index contributed by atoms with van der Waals surface area (Å²) in [7, 11) is 4.54. The molecule has 8 heteroatoms. The molecule has 0 saturated heterocycles. The first-order valence-corrected chi connectivity index (χ1v) is 8.73. The summed E-state index contributed by atoms with van der Waals surface area (Å²) >= 11 is 0. The Kier molecular flexibility index (Phi) is 6.13. The van der Waals surface area contributed by atoms with Crippen molar-refractivity contribution in [3.05, 3.63) is 48.7 Å². The summed E-state index contributed by atoms with van der Waals surface area (Å²) in [6.45, 7) is 1.56. The molecular weight excluding hydrogens is 374 g/mol. The van der Waals surface area contributed by atoms with Gasteiger partial charge in [-0.05, 0) is 43.3 Å². The van der Waals surface area contributed by atoms with Crippen LogP contribution in [0.1, 0.15) is 6.92 Å². The summed E-state index contributed by atoms with van der Waals surface area (Å²) < 4.78 is 16.7. The minimum absolute atomic E-state index is 0.223. The number of oxime groups is 1. The highest BCUT2D eigenvalue weighted by Crippen LogP contribution is 2.36. The Morgan fingerprint density at radius 2 is 1.66 bits per heavy atom. The van der Waals surface area contributed by atoms with Gasteiger partial charge in [-0.1, -0.05) is 5.16 Å². The molecule has 0 atom stereocenters. The SMILES string of the molecule is CO/N=C(\C)C(=O)Nc1ccc(Oc2ccnc3cc(OC)c(OC)cc23)cc1. The van der Waals surface area contributed by atoms with Crippen molar-refractivity contribution in [2.75, 3.05) is 26.6 Å². The number of benzene rings is 2. The summed E-state index contributed by atoms with van der Waals surface area (Å²) in [5.41, 5.74) is 1.55. The van der Waals surface area contributed by atoms with Crippen molar-refractivity contribution in [3.8, 4) is 23.0 Å². The number of fused-ring (bicyclic) bond motifs is 1. The smallest absolute Gasteiger partial charge is 0.273 e. The van der Waals surface area contributed by atoms with Crippen molar-refractivity contribution < 1.29 is 23.8 Å². The molecule has 0 aliphatic heterocycles. The van der Waals surface area contributed by atoms with E-state index in [1.54, 1.807) is 63.7 Å². The predicted octanol–water partition coefficient (Wildman–Crippen LogP) is 4.01. The van der Waals surface area contributed by atoms with Gasteiger partial charge in [0.1, 0.15) is 24.3 Å². The minimum atomic E-state index is -0.346. The highest BCUT2D eigenvalue weighted by Gasteiger charge is 2.12. The van der Waals surface area contributed by atoms with Crippen molar-refractivity contribution in [2.45, 2.75) is 6.92 Å². The summed E-state index contributed by atoms with van der Waals surface area (Å²) in [6, 6.07) is 12.4. The monoisotopic (exact) mass is 395 g/mol. The molecule has 1 heterocycles. The molecule has 0 radical (unpaired) electrons. The standard InChI is InChI=1S/C21H21N3O5/c1-13(24-28-4)21(25)23-14-5-7-15(8-6-14)29-18-9-10-22-17-12-20(27-3)19(26-2)11-16(17)18/h5-12H,1-4H3,(H,23,25)/b24-13+. The Morgan fingerprint density at radius 1 is 0.966 bits per heavy atom. The summed E-state index contributed by atoms with van der Waals surface area (Å²) in [4.78, 5) is 20.9. The molecule has 1 N–H and O–H groups in total. The number of rotatable bonds is 7. The van der Waals surface area contributed by atoms with Gasteiger partial charge in [0.15, 0.2) is 11.5 Å². The van der Waals surface area contributed by atoms with Crippen LogP contribution in [-0.4, -0.2) is 37.9 Å². The van der Waals surface area contributed by atoms with Crippen LogP contribution in [0.5, 0.6) is 23.0 Å². The molecule has 0 unspecified atom stereocenters. The van der Waals surface area contributed by atoms with Gasteiger partial charge in [-0.2, -0.15) is 0 Å². The maximum Gasteiger partial charge on any atom is 0.273 e. The maximum absolute atomic E-state index is 12.0. The number of hydrogen-bond donors (Lipinski definition) is 1. The van der Waals surface area contributed by atoms with E-state index in [1.165, 1.54) is 7.11 Å². The van der Waals surface area contributed by atoms with Gasteiger partial charge in [-0.15, -0.1) is 0 Å². The number of anilines is 1. The average Bonchev–Trinajstić information content (AvgIpc) is 2.74. The van der Waals surface area contributed by atoms with Gasteiger partial charge in [0.2, 0.25) is 0 Å². The third kappa shape index (κ3) is 4.55. The molecule has 0 aliphatic carbocycles. The van der Waals surface area contributed by atoms with Gasteiger partial charge < -0.3 is 24.4 Å². The van der Waals surface area contributed by atoms with Crippen LogP contribution in [0.3, 0.4) is 0 Å². The highest BCUT2D eigenvalue weighted by atomic mass is 16.6. The highest BCUT2D eigenvalue weighted by molar-refractivity contribution is 6.42. The number of aromatic nitrogens is 1. The van der Waals surface area contributed by atoms with E-state index >= 15 is 0 Å². The van der Waals surface area contributed by atoms with E-state index in [0.717, 1.165) is 10.9 Å². The third-order valence-electron chi connectivity index (χ3n) is 4.10. The fourth-order valence-electron chi connectivity index (χ4n) is 2.67. The van der Waals surface area contributed by atoms with Crippen molar-refractivity contribution in [1.29, 1.82) is 0 Å². The number of amides is 1. The molecule has 3 rings (SSSR count). The zero-order valence-corrected chi connectivity index (χ0v) is 16.6. The molecule has 8 nitrogen and oxygen atoms in total. The lowest BCUT2D eigenvalue weighted by atomic mass is 10.2. The second kappa shape index (κ2) is 8.92. The van der Waals surface area contributed by atoms with Gasteiger partial charge in [0.25, 0.3) is 5.91 Å². The molecule has 0 fully saturated rings. The topological polar surface area (TPSA) is 91.3 Å². The van der Waals surface area contributed by atoms with E-state index in [0.29, 0.717) is 28.7 Å². The normalized spacial score (nSPS) is 11.1. The molecule has 3 aromatic rings. The van der Waals surface area contributed by atoms with Crippen molar-refractivity contribution in [1.82, 2.24) is 4.98 Å². The minimum Gasteiger partial charge on any atom is -0.493 e. The number of pyridine rings is 1. The molecular formula is C21H21N3O5. The zero-order valence-electron chi connectivity index (χ0n) is 16.6. The molecule has 150 valence electrons. The first-order valence-electron chi connectivity index (χ1n) is 8.73. The molecule has 0 saturated carbocycles. The largest absolute Gasteiger partial charge is 0.493 e. The lowest BCUT2D eigenvalue weighted by molar-refractivity contribution is -0.110. The van der Waals surface area contributed by atoms with Crippen LogP contribution in [0.25, 0.3) is 10.9 Å². The Morgan fingerprint density at radius 3 is 2.31 bits per heavy atom. The predicted molar refractivity (Wildman–Crippen MR) is 110 cm³/mol. The first-order chi connectivity index (χ1) is 14.0. The van der Waals surface area contributed by atoms with Gasteiger partial charge in [-0.3, -0.25) is 9.78 Å². The Hall–Kier alpha value is -3.81. The average molecular weight is 395 g/mol. The molecule has 0 bridgehead atoms. The van der Waals surface area contributed by atoms with Gasteiger partial charge in [-0.25, -0.2) is 0 Å². The van der Waals surface area contributed by atoms with Crippen molar-refractivity contribution >= 4 is 28.2 Å². The van der Waals surface area contributed by atoms with E-state index in [1.807, 2.05) is 6.07 Å². The molecule has 0 spiro atoms. The maximum atomic E-state index is 12.0. The number of ether oxygens (including phenoxy) is 3. The van der Waals surface area contributed by atoms with E-state index in [2.05, 4.69) is 20.3 Å². The van der Waals surface area contributed by atoms with Crippen LogP contribution in [0.15, 0.2) is 53.8 Å². The van der Waals surface area contributed by atoms with Crippen molar-refractivity contribution in [2.24, 2.45) is 5.16 Å². The molecule has 0 aliphatic rings. The number of carbonyl (C=O) groups is 1. The van der Waals surface area contributed by atoms with Crippen LogP contribution in [0.2, 0.25) is 0 Å². The van der Waals surface area contributed by atoms with Crippen LogP contribution < -0.4 is 19.5 Å². The fourth-order valence-corrected chi connectivity index (χ4v) is 2.67. The number of nitrogens with one attached hydrogen (secondary N) is 1. The van der Waals surface area contributed by atoms with Crippen LogP contribution in [0.4, 0.5) is 5.69 Å². The zero-order chi connectivity index (χ0) is 20.8. The summed E-state index contributed by atoms with van der Waals surface area (Å²) in [5.74, 6) is 2.06. The van der Waals surface area contributed by atoms with E-state index in [-0.39, 0.29) is 11.6 Å². The second-order valence-corrected chi connectivity index (χ2v) is 5.97.